The molecule has 0 nitrogen and oxygen atoms in total. The van der Waals surface area contributed by atoms with Crippen LogP contribution >= 0.6 is 22.6 Å². The minimum atomic E-state index is -0.495. The summed E-state index contributed by atoms with van der Waals surface area (Å²) in [4.78, 5) is 0. The molecule has 0 aromatic carbocycles. The van der Waals surface area contributed by atoms with Crippen molar-refractivity contribution >= 4 is 22.6 Å². The Labute approximate surface area is 63.0 Å². The Morgan fingerprint density at radius 1 is 1.38 bits per heavy atom. The van der Waals surface area contributed by atoms with Gasteiger partial charge in [0.15, 0.2) is 0 Å². The van der Waals surface area contributed by atoms with Crippen molar-refractivity contribution in [1.29, 1.82) is 0 Å². The summed E-state index contributed by atoms with van der Waals surface area (Å²) in [6.07, 6.45) is 3.42. The molecular formula is C6H10FI. The molecule has 0 radical (unpaired) electrons. The molecule has 48 valence electrons. The van der Waals surface area contributed by atoms with Crippen LogP contribution < -0.4 is 0 Å². The zero-order valence-corrected chi connectivity index (χ0v) is 6.90. The molecule has 1 aliphatic rings. The first kappa shape index (κ1) is 6.78. The Balaban J connectivity index is 2.23. The number of rotatable bonds is 0. The quantitative estimate of drug-likeness (QED) is 0.441. The van der Waals surface area contributed by atoms with Crippen LogP contribution in [0.15, 0.2) is 0 Å². The van der Waals surface area contributed by atoms with Gasteiger partial charge in [0.1, 0.15) is 6.17 Å². The van der Waals surface area contributed by atoms with Crippen LogP contribution in [0.1, 0.15) is 25.7 Å². The highest BCUT2D eigenvalue weighted by molar-refractivity contribution is 14.1. The van der Waals surface area contributed by atoms with E-state index in [1.165, 1.54) is 6.42 Å². The van der Waals surface area contributed by atoms with Crippen LogP contribution in [-0.2, 0) is 0 Å². The Bertz CT molecular complexity index is 66.9. The van der Waals surface area contributed by atoms with E-state index in [2.05, 4.69) is 22.6 Å². The first-order valence-electron chi connectivity index (χ1n) is 3.07. The third-order valence-corrected chi connectivity index (χ3v) is 2.68. The fourth-order valence-corrected chi connectivity index (χ4v) is 2.07. The van der Waals surface area contributed by atoms with E-state index in [-0.39, 0.29) is 0 Å². The van der Waals surface area contributed by atoms with Gasteiger partial charge in [-0.15, -0.1) is 0 Å². The van der Waals surface area contributed by atoms with E-state index in [1.54, 1.807) is 0 Å². The molecule has 0 aliphatic heterocycles. The molecule has 1 aliphatic carbocycles. The second kappa shape index (κ2) is 2.99. The summed E-state index contributed by atoms with van der Waals surface area (Å²) in [6.45, 7) is 0. The Kier molecular flexibility index (Phi) is 2.53. The van der Waals surface area contributed by atoms with Gasteiger partial charge in [0.05, 0.1) is 0 Å². The molecule has 0 N–H and O–H groups in total. The molecule has 0 heterocycles. The van der Waals surface area contributed by atoms with Gasteiger partial charge in [-0.2, -0.15) is 0 Å². The standard InChI is InChI=1S/C6H10FI/c7-5-2-1-3-6(8)4-5/h5-6H,1-4H2. The van der Waals surface area contributed by atoms with Crippen molar-refractivity contribution in [3.63, 3.8) is 0 Å². The van der Waals surface area contributed by atoms with Gasteiger partial charge in [0, 0.05) is 3.92 Å². The summed E-state index contributed by atoms with van der Waals surface area (Å²) in [6, 6.07) is 0. The van der Waals surface area contributed by atoms with Crippen molar-refractivity contribution in [3.8, 4) is 0 Å². The average molecular weight is 228 g/mol. The molecule has 1 fully saturated rings. The van der Waals surface area contributed by atoms with Crippen LogP contribution in [0.5, 0.6) is 0 Å². The minimum Gasteiger partial charge on any atom is -0.247 e. The van der Waals surface area contributed by atoms with Crippen molar-refractivity contribution < 1.29 is 4.39 Å². The van der Waals surface area contributed by atoms with E-state index < -0.39 is 6.17 Å². The van der Waals surface area contributed by atoms with E-state index in [1.807, 2.05) is 0 Å². The van der Waals surface area contributed by atoms with Crippen molar-refractivity contribution in [2.75, 3.05) is 0 Å². The van der Waals surface area contributed by atoms with Gasteiger partial charge in [-0.1, -0.05) is 22.6 Å². The second-order valence-electron chi connectivity index (χ2n) is 2.36. The summed E-state index contributed by atoms with van der Waals surface area (Å²) >= 11 is 2.33. The molecule has 0 aromatic heterocycles. The van der Waals surface area contributed by atoms with Crippen LogP contribution in [0, 0.1) is 0 Å². The molecule has 1 rings (SSSR count). The summed E-state index contributed by atoms with van der Waals surface area (Å²) in [5.41, 5.74) is 0. The monoisotopic (exact) mass is 228 g/mol. The summed E-state index contributed by atoms with van der Waals surface area (Å²) < 4.78 is 13.0. The molecule has 0 amide bonds. The van der Waals surface area contributed by atoms with Gasteiger partial charge < -0.3 is 0 Å². The summed E-state index contributed by atoms with van der Waals surface area (Å²) in [7, 11) is 0. The van der Waals surface area contributed by atoms with E-state index >= 15 is 0 Å². The third-order valence-electron chi connectivity index (χ3n) is 1.55. The minimum absolute atomic E-state index is 0.495. The molecule has 2 atom stereocenters. The van der Waals surface area contributed by atoms with Crippen LogP contribution in [0.25, 0.3) is 0 Å². The normalized spacial score (nSPS) is 39.8. The van der Waals surface area contributed by atoms with Crippen molar-refractivity contribution in [2.24, 2.45) is 0 Å². The van der Waals surface area contributed by atoms with Crippen LogP contribution in [0.4, 0.5) is 4.39 Å². The summed E-state index contributed by atoms with van der Waals surface area (Å²) in [5.74, 6) is 0. The van der Waals surface area contributed by atoms with Gasteiger partial charge in [-0.3, -0.25) is 0 Å². The van der Waals surface area contributed by atoms with Gasteiger partial charge >= 0.3 is 0 Å². The lowest BCUT2D eigenvalue weighted by Crippen LogP contribution is -2.14. The number of alkyl halides is 2. The SMILES string of the molecule is FC1CCCC(I)C1. The maximum Gasteiger partial charge on any atom is 0.101 e. The summed E-state index contributed by atoms with van der Waals surface area (Å²) in [5, 5.41) is 0. The van der Waals surface area contributed by atoms with E-state index in [0.29, 0.717) is 3.92 Å². The molecule has 2 unspecified atom stereocenters. The average Bonchev–Trinajstić information content (AvgIpc) is 1.64. The van der Waals surface area contributed by atoms with Crippen molar-refractivity contribution in [1.82, 2.24) is 0 Å². The molecule has 0 spiro atoms. The largest absolute Gasteiger partial charge is 0.247 e. The van der Waals surface area contributed by atoms with Crippen LogP contribution in [0.3, 0.4) is 0 Å². The predicted molar refractivity (Wildman–Crippen MR) is 41.2 cm³/mol. The third kappa shape index (κ3) is 1.88. The lowest BCUT2D eigenvalue weighted by molar-refractivity contribution is 0.260. The Morgan fingerprint density at radius 3 is 2.50 bits per heavy atom. The Morgan fingerprint density at radius 2 is 2.12 bits per heavy atom. The Hall–Kier alpha value is 0.660. The van der Waals surface area contributed by atoms with Crippen molar-refractivity contribution in [2.45, 2.75) is 35.8 Å². The lowest BCUT2D eigenvalue weighted by atomic mass is 9.99. The number of halogens is 2. The highest BCUT2D eigenvalue weighted by Crippen LogP contribution is 2.26. The van der Waals surface area contributed by atoms with Gasteiger partial charge in [0.2, 0.25) is 0 Å². The van der Waals surface area contributed by atoms with Gasteiger partial charge in [-0.05, 0) is 25.7 Å². The zero-order chi connectivity index (χ0) is 5.98. The molecular weight excluding hydrogens is 218 g/mol. The highest BCUT2D eigenvalue weighted by Gasteiger charge is 2.18. The molecule has 2 heteroatoms. The van der Waals surface area contributed by atoms with E-state index in [9.17, 15) is 4.39 Å². The van der Waals surface area contributed by atoms with Gasteiger partial charge in [-0.25, -0.2) is 4.39 Å². The van der Waals surface area contributed by atoms with Crippen molar-refractivity contribution in [3.05, 3.63) is 0 Å². The topological polar surface area (TPSA) is 0 Å². The molecule has 0 saturated heterocycles. The maximum absolute atomic E-state index is 12.4. The number of hydrogen-bond donors (Lipinski definition) is 0. The highest BCUT2D eigenvalue weighted by atomic mass is 127. The predicted octanol–water partition coefficient (Wildman–Crippen LogP) is 2.70. The van der Waals surface area contributed by atoms with Crippen LogP contribution in [0.2, 0.25) is 0 Å². The zero-order valence-electron chi connectivity index (χ0n) is 4.74. The maximum atomic E-state index is 12.4. The molecule has 8 heavy (non-hydrogen) atoms. The second-order valence-corrected chi connectivity index (χ2v) is 4.12. The van der Waals surface area contributed by atoms with E-state index in [0.717, 1.165) is 19.3 Å². The first-order valence-corrected chi connectivity index (χ1v) is 4.32. The van der Waals surface area contributed by atoms with Crippen LogP contribution in [-0.4, -0.2) is 10.1 Å². The molecule has 1 saturated carbocycles. The molecule has 0 aromatic rings. The van der Waals surface area contributed by atoms with Gasteiger partial charge in [0.25, 0.3) is 0 Å². The smallest absolute Gasteiger partial charge is 0.101 e. The fraction of sp³-hybridized carbons (Fsp3) is 1.00. The fourth-order valence-electron chi connectivity index (χ4n) is 1.07. The molecule has 0 bridgehead atoms. The first-order chi connectivity index (χ1) is 3.79. The lowest BCUT2D eigenvalue weighted by Gasteiger charge is -2.18. The number of hydrogen-bond acceptors (Lipinski definition) is 0. The van der Waals surface area contributed by atoms with E-state index in [4.69, 9.17) is 0 Å².